The molecule has 1 N–H and O–H groups in total. The molecule has 1 aromatic rings. The highest BCUT2D eigenvalue weighted by Gasteiger charge is 2.16. The van der Waals surface area contributed by atoms with Gasteiger partial charge >= 0.3 is 5.97 Å². The standard InChI is InChI=1S/C15H16O4/c16-14(15(17)18)10-7-11-5-8-13(9-6-11)19-12-3-1-2-4-12/h5-10,12H,1-4H2,(H,17,18)/b10-7+. The van der Waals surface area contributed by atoms with Gasteiger partial charge in [0.05, 0.1) is 6.10 Å². The Morgan fingerprint density at radius 1 is 1.16 bits per heavy atom. The zero-order chi connectivity index (χ0) is 13.7. The van der Waals surface area contributed by atoms with Gasteiger partial charge in [0.2, 0.25) is 0 Å². The SMILES string of the molecule is O=C(O)C(=O)/C=C/c1ccc(OC2CCCC2)cc1. The Kier molecular flexibility index (Phi) is 4.34. The van der Waals surface area contributed by atoms with Gasteiger partial charge in [0.25, 0.3) is 5.78 Å². The Balaban J connectivity index is 1.94. The van der Waals surface area contributed by atoms with Crippen molar-refractivity contribution >= 4 is 17.8 Å². The summed E-state index contributed by atoms with van der Waals surface area (Å²) in [6.45, 7) is 0. The van der Waals surface area contributed by atoms with Crippen molar-refractivity contribution in [2.24, 2.45) is 0 Å². The van der Waals surface area contributed by atoms with Crippen LogP contribution in [0.1, 0.15) is 31.2 Å². The Morgan fingerprint density at radius 3 is 2.37 bits per heavy atom. The molecule has 4 heteroatoms. The number of ketones is 1. The zero-order valence-corrected chi connectivity index (χ0v) is 10.5. The highest BCUT2D eigenvalue weighted by molar-refractivity contribution is 6.38. The lowest BCUT2D eigenvalue weighted by Gasteiger charge is -2.12. The minimum atomic E-state index is -1.45. The summed E-state index contributed by atoms with van der Waals surface area (Å²) in [4.78, 5) is 21.2. The molecular weight excluding hydrogens is 244 g/mol. The van der Waals surface area contributed by atoms with Crippen LogP contribution in [0.3, 0.4) is 0 Å². The third-order valence-electron chi connectivity index (χ3n) is 3.12. The lowest BCUT2D eigenvalue weighted by atomic mass is 10.2. The number of rotatable bonds is 5. The van der Waals surface area contributed by atoms with E-state index in [1.807, 2.05) is 12.1 Å². The molecule has 0 heterocycles. The van der Waals surface area contributed by atoms with Crippen LogP contribution in [0.4, 0.5) is 0 Å². The van der Waals surface area contributed by atoms with Gasteiger partial charge in [-0.2, -0.15) is 0 Å². The van der Waals surface area contributed by atoms with Gasteiger partial charge in [-0.1, -0.05) is 18.2 Å². The lowest BCUT2D eigenvalue weighted by Crippen LogP contribution is -2.10. The van der Waals surface area contributed by atoms with Crippen LogP contribution in [0, 0.1) is 0 Å². The highest BCUT2D eigenvalue weighted by Crippen LogP contribution is 2.24. The number of carbonyl (C=O) groups excluding carboxylic acids is 1. The van der Waals surface area contributed by atoms with Gasteiger partial charge in [-0.25, -0.2) is 4.79 Å². The topological polar surface area (TPSA) is 63.6 Å². The number of carboxylic acid groups (broad SMARTS) is 1. The number of benzene rings is 1. The third kappa shape index (κ3) is 3.95. The fraction of sp³-hybridized carbons (Fsp3) is 0.333. The van der Waals surface area contributed by atoms with E-state index >= 15 is 0 Å². The van der Waals surface area contributed by atoms with Crippen molar-refractivity contribution in [1.29, 1.82) is 0 Å². The molecule has 2 rings (SSSR count). The first-order chi connectivity index (χ1) is 9.15. The fourth-order valence-electron chi connectivity index (χ4n) is 2.10. The summed E-state index contributed by atoms with van der Waals surface area (Å²) in [5.74, 6) is -1.56. The van der Waals surface area contributed by atoms with E-state index in [-0.39, 0.29) is 0 Å². The van der Waals surface area contributed by atoms with Crippen LogP contribution in [-0.2, 0) is 9.59 Å². The van der Waals surface area contributed by atoms with Crippen LogP contribution < -0.4 is 4.74 Å². The first-order valence-corrected chi connectivity index (χ1v) is 6.37. The minimum absolute atomic E-state index is 0.315. The van der Waals surface area contributed by atoms with Crippen molar-refractivity contribution in [1.82, 2.24) is 0 Å². The van der Waals surface area contributed by atoms with Crippen LogP contribution in [0.25, 0.3) is 6.08 Å². The molecule has 0 amide bonds. The highest BCUT2D eigenvalue weighted by atomic mass is 16.5. The molecule has 0 aliphatic heterocycles. The quantitative estimate of drug-likeness (QED) is 0.653. The van der Waals surface area contributed by atoms with Crippen molar-refractivity contribution in [3.05, 3.63) is 35.9 Å². The molecule has 1 saturated carbocycles. The maximum atomic E-state index is 10.9. The Labute approximate surface area is 111 Å². The van der Waals surface area contributed by atoms with Gasteiger partial charge in [-0.3, -0.25) is 4.79 Å². The predicted octanol–water partition coefficient (Wildman–Crippen LogP) is 2.67. The van der Waals surface area contributed by atoms with Crippen molar-refractivity contribution < 1.29 is 19.4 Å². The molecule has 1 aliphatic carbocycles. The van der Waals surface area contributed by atoms with Crippen LogP contribution in [-0.4, -0.2) is 23.0 Å². The van der Waals surface area contributed by atoms with Crippen molar-refractivity contribution in [3.63, 3.8) is 0 Å². The van der Waals surface area contributed by atoms with Crippen molar-refractivity contribution in [2.45, 2.75) is 31.8 Å². The van der Waals surface area contributed by atoms with E-state index in [1.165, 1.54) is 18.9 Å². The molecule has 1 fully saturated rings. The number of ether oxygens (including phenoxy) is 1. The molecule has 0 spiro atoms. The molecule has 0 unspecified atom stereocenters. The molecule has 0 aromatic heterocycles. The molecule has 0 bridgehead atoms. The molecule has 100 valence electrons. The molecule has 4 nitrogen and oxygen atoms in total. The molecule has 19 heavy (non-hydrogen) atoms. The molecule has 1 aromatic carbocycles. The Bertz CT molecular complexity index is 481. The number of carboxylic acids is 1. The number of hydrogen-bond acceptors (Lipinski definition) is 3. The normalized spacial score (nSPS) is 15.8. The van der Waals surface area contributed by atoms with Crippen LogP contribution in [0.5, 0.6) is 5.75 Å². The van der Waals surface area contributed by atoms with E-state index in [4.69, 9.17) is 9.84 Å². The second kappa shape index (κ2) is 6.18. The molecule has 0 radical (unpaired) electrons. The third-order valence-corrected chi connectivity index (χ3v) is 3.12. The Hall–Kier alpha value is -2.10. The average Bonchev–Trinajstić information content (AvgIpc) is 2.90. The molecular formula is C15H16O4. The predicted molar refractivity (Wildman–Crippen MR) is 71.0 cm³/mol. The zero-order valence-electron chi connectivity index (χ0n) is 10.5. The largest absolute Gasteiger partial charge is 0.490 e. The second-order valence-electron chi connectivity index (χ2n) is 4.60. The number of carbonyl (C=O) groups is 2. The number of aliphatic carboxylic acids is 1. The van der Waals surface area contributed by atoms with Gasteiger partial charge < -0.3 is 9.84 Å². The molecule has 0 atom stereocenters. The first-order valence-electron chi connectivity index (χ1n) is 6.37. The van der Waals surface area contributed by atoms with Crippen molar-refractivity contribution in [3.8, 4) is 5.75 Å². The van der Waals surface area contributed by atoms with E-state index in [1.54, 1.807) is 12.1 Å². The maximum Gasteiger partial charge on any atom is 0.376 e. The van der Waals surface area contributed by atoms with E-state index in [0.717, 1.165) is 30.2 Å². The number of hydrogen-bond donors (Lipinski definition) is 1. The lowest BCUT2D eigenvalue weighted by molar-refractivity contribution is -0.146. The summed E-state index contributed by atoms with van der Waals surface area (Å²) < 4.78 is 5.81. The average molecular weight is 260 g/mol. The van der Waals surface area contributed by atoms with Gasteiger partial charge in [0, 0.05) is 0 Å². The Morgan fingerprint density at radius 2 is 1.79 bits per heavy atom. The smallest absolute Gasteiger partial charge is 0.376 e. The van der Waals surface area contributed by atoms with Crippen LogP contribution >= 0.6 is 0 Å². The van der Waals surface area contributed by atoms with Crippen LogP contribution in [0.2, 0.25) is 0 Å². The van der Waals surface area contributed by atoms with E-state index in [2.05, 4.69) is 0 Å². The van der Waals surface area contributed by atoms with Crippen molar-refractivity contribution in [2.75, 3.05) is 0 Å². The summed E-state index contributed by atoms with van der Waals surface area (Å²) in [5.41, 5.74) is 0.772. The molecule has 1 aliphatic rings. The minimum Gasteiger partial charge on any atom is -0.490 e. The summed E-state index contributed by atoms with van der Waals surface area (Å²) in [6.07, 6.45) is 7.51. The second-order valence-corrected chi connectivity index (χ2v) is 4.60. The van der Waals surface area contributed by atoms with Crippen LogP contribution in [0.15, 0.2) is 30.3 Å². The molecule has 0 saturated heterocycles. The summed E-state index contributed by atoms with van der Waals surface area (Å²) in [5, 5.41) is 8.44. The maximum absolute atomic E-state index is 10.9. The summed E-state index contributed by atoms with van der Waals surface area (Å²) >= 11 is 0. The monoisotopic (exact) mass is 260 g/mol. The van der Waals surface area contributed by atoms with Gasteiger partial charge in [0.1, 0.15) is 5.75 Å². The van der Waals surface area contributed by atoms with E-state index in [9.17, 15) is 9.59 Å². The summed E-state index contributed by atoms with van der Waals surface area (Å²) in [7, 11) is 0. The van der Waals surface area contributed by atoms with Gasteiger partial charge in [0.15, 0.2) is 0 Å². The van der Waals surface area contributed by atoms with E-state index in [0.29, 0.717) is 6.10 Å². The van der Waals surface area contributed by atoms with E-state index < -0.39 is 11.8 Å². The fourth-order valence-corrected chi connectivity index (χ4v) is 2.10. The first kappa shape index (κ1) is 13.3. The van der Waals surface area contributed by atoms with Gasteiger partial charge in [-0.15, -0.1) is 0 Å². The summed E-state index contributed by atoms with van der Waals surface area (Å²) in [6, 6.07) is 7.28. The van der Waals surface area contributed by atoms with Gasteiger partial charge in [-0.05, 0) is 49.5 Å².